The highest BCUT2D eigenvalue weighted by Crippen LogP contribution is 2.29. The Labute approximate surface area is 82.8 Å². The molecule has 0 radical (unpaired) electrons. The maximum Gasteiger partial charge on any atom is 0.0887 e. The Morgan fingerprint density at radius 1 is 1.15 bits per heavy atom. The van der Waals surface area contributed by atoms with E-state index < -0.39 is 0 Å². The number of hydrogen-bond donors (Lipinski definition) is 0. The molecule has 0 saturated carbocycles. The van der Waals surface area contributed by atoms with Gasteiger partial charge in [0.05, 0.1) is 25.7 Å². The van der Waals surface area contributed by atoms with E-state index in [1.54, 1.807) is 0 Å². The first-order valence-electron chi connectivity index (χ1n) is 5.52. The van der Waals surface area contributed by atoms with E-state index in [9.17, 15) is 0 Å². The molecule has 2 heteroatoms. The van der Waals surface area contributed by atoms with Crippen molar-refractivity contribution in [2.75, 3.05) is 19.6 Å². The Kier molecular flexibility index (Phi) is 4.93. The molecule has 2 nitrogen and oxygen atoms in total. The minimum absolute atomic E-state index is 0. The average Bonchev–Trinajstić information content (AvgIpc) is 2.11. The van der Waals surface area contributed by atoms with Crippen LogP contribution in [-0.4, -0.2) is 35.6 Å². The van der Waals surface area contributed by atoms with Crippen LogP contribution in [-0.2, 0) is 0 Å². The molecule has 0 aromatic carbocycles. The third kappa shape index (κ3) is 2.23. The minimum Gasteiger partial charge on any atom is -0.870 e. The van der Waals surface area contributed by atoms with Gasteiger partial charge in [-0.25, -0.2) is 0 Å². The lowest BCUT2D eigenvalue weighted by molar-refractivity contribution is -0.954. The van der Waals surface area contributed by atoms with Crippen LogP contribution in [0, 0.1) is 5.92 Å². The van der Waals surface area contributed by atoms with Gasteiger partial charge in [0.25, 0.3) is 0 Å². The summed E-state index contributed by atoms with van der Waals surface area (Å²) >= 11 is 0. The number of piperidine rings is 1. The van der Waals surface area contributed by atoms with Crippen molar-refractivity contribution in [2.45, 2.75) is 46.6 Å². The fraction of sp³-hybridized carbons (Fsp3) is 1.00. The van der Waals surface area contributed by atoms with Crippen molar-refractivity contribution in [3.8, 4) is 0 Å². The Hall–Kier alpha value is -0.0800. The molecule has 2 atom stereocenters. The summed E-state index contributed by atoms with van der Waals surface area (Å²) in [5.41, 5.74) is 0. The quantitative estimate of drug-likeness (QED) is 0.611. The maximum atomic E-state index is 2.44. The van der Waals surface area contributed by atoms with Gasteiger partial charge < -0.3 is 9.96 Å². The van der Waals surface area contributed by atoms with Crippen LogP contribution >= 0.6 is 0 Å². The molecule has 13 heavy (non-hydrogen) atoms. The minimum atomic E-state index is 0. The van der Waals surface area contributed by atoms with Crippen molar-refractivity contribution < 1.29 is 9.96 Å². The van der Waals surface area contributed by atoms with E-state index in [0.717, 1.165) is 12.0 Å². The Morgan fingerprint density at radius 3 is 2.08 bits per heavy atom. The van der Waals surface area contributed by atoms with Gasteiger partial charge in [-0.05, 0) is 33.6 Å². The first kappa shape index (κ1) is 12.9. The number of nitrogens with zero attached hydrogens (tertiary/aromatic N) is 1. The largest absolute Gasteiger partial charge is 0.870 e. The van der Waals surface area contributed by atoms with E-state index in [0.29, 0.717) is 0 Å². The maximum absolute atomic E-state index is 2.44. The van der Waals surface area contributed by atoms with E-state index in [-0.39, 0.29) is 5.48 Å². The first-order valence-corrected chi connectivity index (χ1v) is 5.52. The number of quaternary nitrogens is 1. The average molecular weight is 187 g/mol. The lowest BCUT2D eigenvalue weighted by atomic mass is 9.89. The molecule has 1 aliphatic rings. The molecule has 2 unspecified atom stereocenters. The van der Waals surface area contributed by atoms with Crippen LogP contribution in [0.15, 0.2) is 0 Å². The van der Waals surface area contributed by atoms with E-state index in [4.69, 9.17) is 0 Å². The van der Waals surface area contributed by atoms with Crippen molar-refractivity contribution in [2.24, 2.45) is 5.92 Å². The van der Waals surface area contributed by atoms with Crippen LogP contribution in [0.4, 0.5) is 0 Å². The van der Waals surface area contributed by atoms with Crippen molar-refractivity contribution in [3.63, 3.8) is 0 Å². The van der Waals surface area contributed by atoms with E-state index >= 15 is 0 Å². The molecule has 1 saturated heterocycles. The van der Waals surface area contributed by atoms with Crippen molar-refractivity contribution in [1.82, 2.24) is 0 Å². The number of hydrogen-bond acceptors (Lipinski definition) is 1. The molecule has 0 aromatic heterocycles. The van der Waals surface area contributed by atoms with Gasteiger partial charge in [-0.2, -0.15) is 0 Å². The summed E-state index contributed by atoms with van der Waals surface area (Å²) in [6, 6.07) is 0.883. The fourth-order valence-electron chi connectivity index (χ4n) is 2.83. The molecule has 0 aliphatic carbocycles. The molecule has 1 heterocycles. The van der Waals surface area contributed by atoms with Crippen LogP contribution in [0.3, 0.4) is 0 Å². The van der Waals surface area contributed by atoms with E-state index in [1.807, 2.05) is 0 Å². The highest BCUT2D eigenvalue weighted by molar-refractivity contribution is 4.68. The van der Waals surface area contributed by atoms with E-state index in [2.05, 4.69) is 27.7 Å². The van der Waals surface area contributed by atoms with Gasteiger partial charge in [-0.3, -0.25) is 0 Å². The summed E-state index contributed by atoms with van der Waals surface area (Å²) in [7, 11) is 0. The summed E-state index contributed by atoms with van der Waals surface area (Å²) < 4.78 is 1.36. The van der Waals surface area contributed by atoms with Crippen LogP contribution in [0.25, 0.3) is 0 Å². The van der Waals surface area contributed by atoms with Gasteiger partial charge in [0.15, 0.2) is 0 Å². The number of likely N-dealkylation sites (tertiary alicyclic amines) is 1. The van der Waals surface area contributed by atoms with Crippen LogP contribution in [0.2, 0.25) is 0 Å². The smallest absolute Gasteiger partial charge is 0.0887 e. The van der Waals surface area contributed by atoms with Gasteiger partial charge in [0.1, 0.15) is 0 Å². The van der Waals surface area contributed by atoms with Gasteiger partial charge in [-0.1, -0.05) is 6.92 Å². The summed E-state index contributed by atoms with van der Waals surface area (Å²) in [6.07, 6.45) is 2.88. The second-order valence-electron chi connectivity index (χ2n) is 4.43. The molecule has 0 aromatic rings. The van der Waals surface area contributed by atoms with Gasteiger partial charge in [0.2, 0.25) is 0 Å². The zero-order valence-corrected chi connectivity index (χ0v) is 9.58. The second-order valence-corrected chi connectivity index (χ2v) is 4.43. The number of rotatable bonds is 2. The molecule has 1 rings (SSSR count). The Bertz CT molecular complexity index is 143. The molecule has 1 aliphatic heterocycles. The molecular weight excluding hydrogens is 162 g/mol. The zero-order chi connectivity index (χ0) is 9.19. The summed E-state index contributed by atoms with van der Waals surface area (Å²) in [5.74, 6) is 0.929. The summed E-state index contributed by atoms with van der Waals surface area (Å²) in [4.78, 5) is 0. The molecule has 0 amide bonds. The van der Waals surface area contributed by atoms with Crippen LogP contribution in [0.1, 0.15) is 40.5 Å². The predicted octanol–water partition coefficient (Wildman–Crippen LogP) is 2.48. The molecule has 1 N–H and O–H groups in total. The third-order valence-electron chi connectivity index (χ3n) is 4.21. The first-order chi connectivity index (χ1) is 5.66. The molecular formula is C11H25NO. The lowest BCUT2D eigenvalue weighted by Crippen LogP contribution is -2.59. The van der Waals surface area contributed by atoms with Crippen molar-refractivity contribution >= 4 is 0 Å². The highest BCUT2D eigenvalue weighted by Gasteiger charge is 2.37. The topological polar surface area (TPSA) is 30.0 Å². The SMILES string of the molecule is CC[N+]1(CC)CCCC(C)C1C.[OH-]. The fourth-order valence-corrected chi connectivity index (χ4v) is 2.83. The Morgan fingerprint density at radius 2 is 1.69 bits per heavy atom. The normalized spacial score (nSPS) is 32.3. The van der Waals surface area contributed by atoms with Gasteiger partial charge in [0, 0.05) is 5.92 Å². The van der Waals surface area contributed by atoms with Crippen LogP contribution in [0.5, 0.6) is 0 Å². The van der Waals surface area contributed by atoms with Crippen molar-refractivity contribution in [1.29, 1.82) is 0 Å². The third-order valence-corrected chi connectivity index (χ3v) is 4.21. The molecule has 1 fully saturated rings. The molecule has 80 valence electrons. The second kappa shape index (κ2) is 4.97. The summed E-state index contributed by atoms with van der Waals surface area (Å²) in [5, 5.41) is 0. The van der Waals surface area contributed by atoms with Gasteiger partial charge in [-0.15, -0.1) is 0 Å². The standard InChI is InChI=1S/C11H24N.H2O/c1-5-12(6-2)9-7-8-10(3)11(12)4;/h10-11H,5-9H2,1-4H3;1H2/q+1;/p-1. The summed E-state index contributed by atoms with van der Waals surface area (Å²) in [6.45, 7) is 13.6. The zero-order valence-electron chi connectivity index (χ0n) is 9.58. The Balaban J connectivity index is 0.00000144. The highest BCUT2D eigenvalue weighted by atomic mass is 16.0. The van der Waals surface area contributed by atoms with Gasteiger partial charge >= 0.3 is 0 Å². The predicted molar refractivity (Wildman–Crippen MR) is 56.0 cm³/mol. The lowest BCUT2D eigenvalue weighted by Gasteiger charge is -2.48. The molecule has 0 spiro atoms. The van der Waals surface area contributed by atoms with Crippen molar-refractivity contribution in [3.05, 3.63) is 0 Å². The molecule has 0 bridgehead atoms. The van der Waals surface area contributed by atoms with E-state index in [1.165, 1.54) is 37.0 Å². The van der Waals surface area contributed by atoms with Crippen LogP contribution < -0.4 is 0 Å². The monoisotopic (exact) mass is 187 g/mol.